The normalized spacial score (nSPS) is 10.7. The molecule has 0 spiro atoms. The van der Waals surface area contributed by atoms with Crippen molar-refractivity contribution in [2.45, 2.75) is 0 Å². The summed E-state index contributed by atoms with van der Waals surface area (Å²) in [5, 5.41) is 2.14. The van der Waals surface area contributed by atoms with Crippen LogP contribution in [0.5, 0.6) is 0 Å². The molecule has 0 amide bonds. The van der Waals surface area contributed by atoms with Gasteiger partial charge in [-0.2, -0.15) is 0 Å². The fraction of sp³-hybridized carbons (Fsp3) is 0. The molecule has 0 saturated heterocycles. The molecule has 46 valence electrons. The summed E-state index contributed by atoms with van der Waals surface area (Å²) in [6, 6.07) is 2.16. The average molecular weight is 237 g/mol. The van der Waals surface area contributed by atoms with E-state index in [1.807, 2.05) is 11.3 Å². The van der Waals surface area contributed by atoms with Gasteiger partial charge in [0.25, 0.3) is 0 Å². The molecule has 0 N–H and O–H groups in total. The SMILES string of the molecule is S=c1sc2ccsc2[se]1. The Labute approximate surface area is 71.5 Å². The molecule has 0 aromatic carbocycles. The Morgan fingerprint density at radius 3 is 3.22 bits per heavy atom. The molecule has 0 unspecified atom stereocenters. The minimum absolute atomic E-state index is 0.503. The number of rotatable bonds is 0. The monoisotopic (exact) mass is 238 g/mol. The average Bonchev–Trinajstić information content (AvgIpc) is 2.22. The molecule has 0 aliphatic heterocycles. The van der Waals surface area contributed by atoms with Crippen LogP contribution in [0.25, 0.3) is 8.27 Å². The van der Waals surface area contributed by atoms with Crippen LogP contribution in [0, 0.1) is 2.70 Å². The number of hydrogen-bond acceptors (Lipinski definition) is 3. The molecule has 2 aromatic rings. The third kappa shape index (κ3) is 1.06. The molecule has 0 fully saturated rings. The molecule has 0 aliphatic rings. The van der Waals surface area contributed by atoms with Gasteiger partial charge >= 0.3 is 71.8 Å². The van der Waals surface area contributed by atoms with E-state index in [2.05, 4.69) is 11.4 Å². The van der Waals surface area contributed by atoms with Crippen molar-refractivity contribution in [3.8, 4) is 0 Å². The third-order valence-corrected chi connectivity index (χ3v) is 6.70. The summed E-state index contributed by atoms with van der Waals surface area (Å²) in [4.78, 5) is 0. The van der Waals surface area contributed by atoms with Crippen LogP contribution in [-0.4, -0.2) is 14.5 Å². The fourth-order valence-corrected chi connectivity index (χ4v) is 6.72. The zero-order valence-corrected chi connectivity index (χ0v) is 8.45. The van der Waals surface area contributed by atoms with Gasteiger partial charge in [0.2, 0.25) is 0 Å². The molecule has 0 radical (unpaired) electrons. The first-order valence-electron chi connectivity index (χ1n) is 2.33. The maximum absolute atomic E-state index is 5.08. The number of thiophene rings is 1. The topological polar surface area (TPSA) is 0 Å². The number of fused-ring (bicyclic) bond motifs is 1. The molecule has 9 heavy (non-hydrogen) atoms. The van der Waals surface area contributed by atoms with Gasteiger partial charge in [0.1, 0.15) is 0 Å². The zero-order chi connectivity index (χ0) is 6.27. The van der Waals surface area contributed by atoms with E-state index < -0.39 is 0 Å². The summed E-state index contributed by atoms with van der Waals surface area (Å²) in [7, 11) is 0. The van der Waals surface area contributed by atoms with E-state index in [9.17, 15) is 0 Å². The summed E-state index contributed by atoms with van der Waals surface area (Å²) in [6.07, 6.45) is 0. The number of hydrogen-bond donors (Lipinski definition) is 0. The predicted octanol–water partition coefficient (Wildman–Crippen LogP) is 2.75. The van der Waals surface area contributed by atoms with Crippen LogP contribution in [-0.2, 0) is 0 Å². The summed E-state index contributed by atoms with van der Waals surface area (Å²) in [6.45, 7) is 0. The van der Waals surface area contributed by atoms with Gasteiger partial charge in [0.05, 0.1) is 0 Å². The van der Waals surface area contributed by atoms with Gasteiger partial charge in [-0.15, -0.1) is 0 Å². The van der Waals surface area contributed by atoms with E-state index in [1.54, 1.807) is 11.3 Å². The van der Waals surface area contributed by atoms with Crippen LogP contribution < -0.4 is 0 Å². The van der Waals surface area contributed by atoms with Gasteiger partial charge in [0.15, 0.2) is 0 Å². The Kier molecular flexibility index (Phi) is 1.59. The second-order valence-electron chi connectivity index (χ2n) is 1.53. The Bertz CT molecular complexity index is 335. The van der Waals surface area contributed by atoms with Crippen LogP contribution >= 0.6 is 34.9 Å². The van der Waals surface area contributed by atoms with Crippen molar-refractivity contribution in [2.24, 2.45) is 0 Å². The van der Waals surface area contributed by atoms with Crippen LogP contribution in [0.4, 0.5) is 0 Å². The second kappa shape index (κ2) is 2.29. The van der Waals surface area contributed by atoms with E-state index in [0.29, 0.717) is 14.5 Å². The summed E-state index contributed by atoms with van der Waals surface area (Å²) >= 11 is 9.18. The van der Waals surface area contributed by atoms with Crippen LogP contribution in [0.3, 0.4) is 0 Å². The Morgan fingerprint density at radius 1 is 1.56 bits per heavy atom. The van der Waals surface area contributed by atoms with Gasteiger partial charge in [0, 0.05) is 0 Å². The van der Waals surface area contributed by atoms with Gasteiger partial charge in [-0.25, -0.2) is 0 Å². The van der Waals surface area contributed by atoms with Crippen molar-refractivity contribution >= 4 is 57.7 Å². The van der Waals surface area contributed by atoms with E-state index in [1.165, 1.54) is 11.0 Å². The zero-order valence-electron chi connectivity index (χ0n) is 4.29. The first-order valence-corrected chi connectivity index (χ1v) is 6.15. The van der Waals surface area contributed by atoms with Gasteiger partial charge < -0.3 is 0 Å². The van der Waals surface area contributed by atoms with Gasteiger partial charge in [-0.05, 0) is 0 Å². The quantitative estimate of drug-likeness (QED) is 0.501. The Balaban J connectivity index is 3.08. The molecular formula is C5H2S3Se. The summed E-state index contributed by atoms with van der Waals surface area (Å²) < 4.78 is 4.10. The van der Waals surface area contributed by atoms with E-state index in [-0.39, 0.29) is 0 Å². The van der Waals surface area contributed by atoms with Gasteiger partial charge in [-0.1, -0.05) is 0 Å². The summed E-state index contributed by atoms with van der Waals surface area (Å²) in [5.41, 5.74) is 0. The molecule has 0 bridgehead atoms. The Morgan fingerprint density at radius 2 is 2.44 bits per heavy atom. The first-order chi connectivity index (χ1) is 4.36. The molecular weight excluding hydrogens is 235 g/mol. The predicted molar refractivity (Wildman–Crippen MR) is 47.5 cm³/mol. The van der Waals surface area contributed by atoms with Crippen LogP contribution in [0.1, 0.15) is 0 Å². The molecule has 0 aliphatic carbocycles. The van der Waals surface area contributed by atoms with Crippen molar-refractivity contribution in [3.63, 3.8) is 0 Å². The first kappa shape index (κ1) is 6.25. The minimum atomic E-state index is 0.503. The molecule has 2 heterocycles. The molecule has 0 saturated carbocycles. The molecule has 4 heteroatoms. The van der Waals surface area contributed by atoms with Crippen molar-refractivity contribution in [3.05, 3.63) is 14.1 Å². The summed E-state index contributed by atoms with van der Waals surface area (Å²) in [5.74, 6) is 0. The van der Waals surface area contributed by atoms with Crippen LogP contribution in [0.2, 0.25) is 0 Å². The molecule has 2 aromatic heterocycles. The van der Waals surface area contributed by atoms with E-state index >= 15 is 0 Å². The van der Waals surface area contributed by atoms with Crippen molar-refractivity contribution in [1.82, 2.24) is 0 Å². The molecule has 0 nitrogen and oxygen atoms in total. The van der Waals surface area contributed by atoms with Crippen molar-refractivity contribution in [1.29, 1.82) is 0 Å². The second-order valence-corrected chi connectivity index (χ2v) is 8.05. The third-order valence-electron chi connectivity index (χ3n) is 0.965. The van der Waals surface area contributed by atoms with Crippen molar-refractivity contribution in [2.75, 3.05) is 0 Å². The standard InChI is InChI=1S/C5H2S3Se/c6-5-8-3-1-2-7-4(3)9-5/h1-2H. The Hall–Kier alpha value is 0.529. The van der Waals surface area contributed by atoms with Crippen molar-refractivity contribution < 1.29 is 0 Å². The fourth-order valence-electron chi connectivity index (χ4n) is 0.620. The molecule has 2 rings (SSSR count). The van der Waals surface area contributed by atoms with Crippen LogP contribution in [0.15, 0.2) is 11.4 Å². The van der Waals surface area contributed by atoms with Gasteiger partial charge in [-0.3, -0.25) is 0 Å². The van der Waals surface area contributed by atoms with E-state index in [4.69, 9.17) is 12.2 Å². The maximum atomic E-state index is 5.08. The van der Waals surface area contributed by atoms with E-state index in [0.717, 1.165) is 0 Å². The molecule has 0 atom stereocenters.